The zero-order valence-corrected chi connectivity index (χ0v) is 13.6. The molecule has 3 fully saturated rings. The smallest absolute Gasteiger partial charge is 0.139 e. The molecule has 4 aliphatic carbocycles. The highest BCUT2D eigenvalue weighted by Gasteiger charge is 2.60. The number of aliphatic hydroxyl groups excluding tert-OH is 1. The standard InChI is InChI=1S/C19H27FO2/c1-18-7-5-12(20)9-11(18)10-15(21)17-13-3-4-16(22)19(13,2)8-6-14(17)18/h10,12-15,17,21H,3-9H2,1-2H3/t12?,13-,14-,15+,17-,18-,19-/m0/s1/i21+0. The van der Waals surface area contributed by atoms with Gasteiger partial charge in [-0.3, -0.25) is 4.79 Å². The third-order valence-electron chi connectivity index (χ3n) is 7.78. The molecule has 0 spiro atoms. The number of alkyl halides is 1. The van der Waals surface area contributed by atoms with Crippen LogP contribution < -0.4 is 0 Å². The molecule has 0 heterocycles. The molecule has 0 aliphatic heterocycles. The van der Waals surface area contributed by atoms with E-state index in [0.717, 1.165) is 31.3 Å². The van der Waals surface area contributed by atoms with Crippen LogP contribution in [0.3, 0.4) is 0 Å². The summed E-state index contributed by atoms with van der Waals surface area (Å²) in [6.45, 7) is 4.41. The van der Waals surface area contributed by atoms with Gasteiger partial charge in [-0.1, -0.05) is 25.5 Å². The number of aliphatic hydroxyl groups is 1. The van der Waals surface area contributed by atoms with Crippen molar-refractivity contribution in [3.63, 3.8) is 0 Å². The van der Waals surface area contributed by atoms with Gasteiger partial charge in [-0.05, 0) is 55.3 Å². The van der Waals surface area contributed by atoms with Gasteiger partial charge in [0.05, 0.1) is 6.10 Å². The molecule has 22 heavy (non-hydrogen) atoms. The van der Waals surface area contributed by atoms with Crippen molar-refractivity contribution in [2.24, 2.45) is 28.6 Å². The normalized spacial score (nSPS) is 54.3. The minimum absolute atomic E-state index is 0.0411. The quantitative estimate of drug-likeness (QED) is 0.691. The molecule has 2 nitrogen and oxygen atoms in total. The van der Waals surface area contributed by atoms with E-state index in [1.54, 1.807) is 0 Å². The van der Waals surface area contributed by atoms with E-state index < -0.39 is 12.3 Å². The lowest BCUT2D eigenvalue weighted by molar-refractivity contribution is -0.135. The van der Waals surface area contributed by atoms with Crippen LogP contribution >= 0.6 is 0 Å². The van der Waals surface area contributed by atoms with Crippen LogP contribution in [0.2, 0.25) is 0 Å². The van der Waals surface area contributed by atoms with Crippen LogP contribution in [0.25, 0.3) is 0 Å². The fraction of sp³-hybridized carbons (Fsp3) is 0.842. The van der Waals surface area contributed by atoms with E-state index >= 15 is 0 Å². The predicted octanol–water partition coefficient (Wildman–Crippen LogP) is 3.83. The molecular weight excluding hydrogens is 279 g/mol. The summed E-state index contributed by atoms with van der Waals surface area (Å²) in [6, 6.07) is 0. The number of rotatable bonds is 0. The molecule has 0 aromatic rings. The number of ketones is 1. The number of Topliss-reactive ketones (excluding diaryl/α,β-unsaturated/α-hetero) is 1. The van der Waals surface area contributed by atoms with Crippen molar-refractivity contribution in [1.29, 1.82) is 0 Å². The number of hydrogen-bond acceptors (Lipinski definition) is 2. The predicted molar refractivity (Wildman–Crippen MR) is 83.0 cm³/mol. The summed E-state index contributed by atoms with van der Waals surface area (Å²) in [4.78, 5) is 12.4. The zero-order chi connectivity index (χ0) is 15.7. The van der Waals surface area contributed by atoms with Crippen molar-refractivity contribution >= 4 is 5.78 Å². The summed E-state index contributed by atoms with van der Waals surface area (Å²) in [6.07, 6.45) is 6.32. The first-order valence-electron chi connectivity index (χ1n) is 8.93. The number of carbonyl (C=O) groups is 1. The Hall–Kier alpha value is -0.700. The second-order valence-corrected chi connectivity index (χ2v) is 8.65. The van der Waals surface area contributed by atoms with Gasteiger partial charge >= 0.3 is 0 Å². The lowest BCUT2D eigenvalue weighted by Gasteiger charge is -2.57. The highest BCUT2D eigenvalue weighted by Crippen LogP contribution is 2.64. The average molecular weight is 306 g/mol. The van der Waals surface area contributed by atoms with E-state index in [2.05, 4.69) is 13.8 Å². The first-order valence-corrected chi connectivity index (χ1v) is 8.93. The molecule has 3 heteroatoms. The van der Waals surface area contributed by atoms with Crippen molar-refractivity contribution in [3.8, 4) is 0 Å². The molecule has 0 radical (unpaired) electrons. The van der Waals surface area contributed by atoms with E-state index in [4.69, 9.17) is 0 Å². The molecule has 4 aliphatic rings. The van der Waals surface area contributed by atoms with E-state index in [1.807, 2.05) is 6.08 Å². The molecular formula is C19H27FO2. The van der Waals surface area contributed by atoms with Gasteiger partial charge in [0.25, 0.3) is 0 Å². The summed E-state index contributed by atoms with van der Waals surface area (Å²) in [5.74, 6) is 1.32. The summed E-state index contributed by atoms with van der Waals surface area (Å²) in [7, 11) is 0. The highest BCUT2D eigenvalue weighted by atomic mass is 19.1. The highest BCUT2D eigenvalue weighted by molar-refractivity contribution is 5.87. The second-order valence-electron chi connectivity index (χ2n) is 8.65. The summed E-state index contributed by atoms with van der Waals surface area (Å²) < 4.78 is 13.8. The van der Waals surface area contributed by atoms with Gasteiger partial charge in [-0.15, -0.1) is 0 Å². The molecule has 1 N–H and O–H groups in total. The van der Waals surface area contributed by atoms with Crippen LogP contribution in [-0.4, -0.2) is 23.2 Å². The van der Waals surface area contributed by atoms with E-state index in [0.29, 0.717) is 36.9 Å². The Labute approximate surface area is 132 Å². The van der Waals surface area contributed by atoms with Crippen molar-refractivity contribution in [2.75, 3.05) is 0 Å². The van der Waals surface area contributed by atoms with Crippen molar-refractivity contribution in [1.82, 2.24) is 0 Å². The van der Waals surface area contributed by atoms with Crippen LogP contribution in [0.5, 0.6) is 0 Å². The lowest BCUT2D eigenvalue weighted by Crippen LogP contribution is -2.54. The van der Waals surface area contributed by atoms with Crippen LogP contribution in [0.4, 0.5) is 4.39 Å². The number of fused-ring (bicyclic) bond motifs is 5. The third-order valence-corrected chi connectivity index (χ3v) is 7.78. The average Bonchev–Trinajstić information content (AvgIpc) is 2.77. The first kappa shape index (κ1) is 14.9. The fourth-order valence-corrected chi connectivity index (χ4v) is 6.38. The maximum Gasteiger partial charge on any atom is 0.139 e. The Balaban J connectivity index is 1.75. The fourth-order valence-electron chi connectivity index (χ4n) is 6.38. The topological polar surface area (TPSA) is 37.3 Å². The van der Waals surface area contributed by atoms with Crippen LogP contribution in [0.1, 0.15) is 58.8 Å². The van der Waals surface area contributed by atoms with Gasteiger partial charge in [0.15, 0.2) is 0 Å². The Morgan fingerprint density at radius 1 is 1.14 bits per heavy atom. The van der Waals surface area contributed by atoms with Gasteiger partial charge in [-0.2, -0.15) is 0 Å². The summed E-state index contributed by atoms with van der Waals surface area (Å²) in [5.41, 5.74) is 0.966. The van der Waals surface area contributed by atoms with Crippen molar-refractivity contribution in [3.05, 3.63) is 11.6 Å². The van der Waals surface area contributed by atoms with Gasteiger partial charge in [0.2, 0.25) is 0 Å². The number of carbonyl (C=O) groups excluding carboxylic acids is 1. The molecule has 0 amide bonds. The number of allylic oxidation sites excluding steroid dienone is 1. The molecule has 7 atom stereocenters. The molecule has 0 aromatic carbocycles. The first-order chi connectivity index (χ1) is 10.4. The number of hydrogen-bond donors (Lipinski definition) is 1. The molecule has 0 bridgehead atoms. The second kappa shape index (κ2) is 4.66. The molecule has 122 valence electrons. The lowest BCUT2D eigenvalue weighted by atomic mass is 9.47. The Morgan fingerprint density at radius 3 is 2.59 bits per heavy atom. The minimum atomic E-state index is -0.745. The Bertz CT molecular complexity index is 542. The van der Waals surface area contributed by atoms with Gasteiger partial charge in [0.1, 0.15) is 12.0 Å². The van der Waals surface area contributed by atoms with Crippen LogP contribution in [0.15, 0.2) is 11.6 Å². The Kier molecular flexibility index (Phi) is 3.15. The van der Waals surface area contributed by atoms with Gasteiger partial charge in [-0.25, -0.2) is 4.39 Å². The SMILES string of the molecule is C[C@]12CCC(F)CC1=C[C@@H]([16OH])[C@@H]1[C@@H]2CC[C@]2(C)C(=O)CC[C@@H]12. The monoisotopic (exact) mass is 306 g/mol. The molecule has 0 saturated heterocycles. The molecule has 3 saturated carbocycles. The van der Waals surface area contributed by atoms with Gasteiger partial charge < -0.3 is 5.11 Å². The maximum absolute atomic E-state index is 13.8. The minimum Gasteiger partial charge on any atom is -0.389 e. The summed E-state index contributed by atoms with van der Waals surface area (Å²) in [5, 5.41) is 10.8. The van der Waals surface area contributed by atoms with E-state index in [1.165, 1.54) is 0 Å². The third kappa shape index (κ3) is 1.78. The summed E-state index contributed by atoms with van der Waals surface area (Å²) >= 11 is 0. The maximum atomic E-state index is 13.8. The van der Waals surface area contributed by atoms with E-state index in [-0.39, 0.29) is 16.7 Å². The van der Waals surface area contributed by atoms with Crippen LogP contribution in [-0.2, 0) is 4.79 Å². The largest absolute Gasteiger partial charge is 0.389 e. The van der Waals surface area contributed by atoms with Gasteiger partial charge in [0, 0.05) is 18.3 Å². The molecule has 0 aromatic heterocycles. The van der Waals surface area contributed by atoms with Crippen LogP contribution in [0, 0.1) is 28.6 Å². The van der Waals surface area contributed by atoms with E-state index in [9.17, 15) is 14.3 Å². The molecule has 1 unspecified atom stereocenters. The zero-order valence-electron chi connectivity index (χ0n) is 13.6. The van der Waals surface area contributed by atoms with Crippen molar-refractivity contribution < 1.29 is 14.3 Å². The molecule has 4 rings (SSSR count). The Morgan fingerprint density at radius 2 is 1.82 bits per heavy atom. The van der Waals surface area contributed by atoms with Crippen molar-refractivity contribution in [2.45, 2.75) is 71.1 Å². The number of halogens is 1.